The van der Waals surface area contributed by atoms with Crippen molar-refractivity contribution in [2.75, 3.05) is 6.54 Å². The van der Waals surface area contributed by atoms with E-state index in [-0.39, 0.29) is 5.91 Å². The van der Waals surface area contributed by atoms with E-state index in [0.717, 1.165) is 5.56 Å². The van der Waals surface area contributed by atoms with Gasteiger partial charge in [0.2, 0.25) is 5.91 Å². The molecule has 0 aliphatic rings. The van der Waals surface area contributed by atoms with Gasteiger partial charge < -0.3 is 5.32 Å². The number of pyridine rings is 1. The first kappa shape index (κ1) is 13.8. The van der Waals surface area contributed by atoms with Gasteiger partial charge >= 0.3 is 0 Å². The molecule has 20 heavy (non-hydrogen) atoms. The molecule has 4 heteroatoms. The summed E-state index contributed by atoms with van der Waals surface area (Å²) in [5, 5.41) is 11.9. The van der Waals surface area contributed by atoms with Crippen LogP contribution in [0.4, 0.5) is 0 Å². The monoisotopic (exact) mass is 265 g/mol. The number of aromatic nitrogens is 1. The van der Waals surface area contributed by atoms with Gasteiger partial charge in [0.1, 0.15) is 5.92 Å². The first-order valence-corrected chi connectivity index (χ1v) is 6.42. The van der Waals surface area contributed by atoms with E-state index in [1.54, 1.807) is 24.5 Å². The van der Waals surface area contributed by atoms with Gasteiger partial charge in [0.05, 0.1) is 6.07 Å². The minimum absolute atomic E-state index is 0.261. The summed E-state index contributed by atoms with van der Waals surface area (Å²) in [6, 6.07) is 14.9. The van der Waals surface area contributed by atoms with Crippen LogP contribution in [0.15, 0.2) is 54.9 Å². The van der Waals surface area contributed by atoms with Gasteiger partial charge in [-0.05, 0) is 23.6 Å². The van der Waals surface area contributed by atoms with E-state index >= 15 is 0 Å². The van der Waals surface area contributed by atoms with Gasteiger partial charge in [0.15, 0.2) is 0 Å². The zero-order valence-electron chi connectivity index (χ0n) is 11.0. The first-order chi connectivity index (χ1) is 9.81. The van der Waals surface area contributed by atoms with Gasteiger partial charge in [-0.15, -0.1) is 0 Å². The quantitative estimate of drug-likeness (QED) is 0.899. The molecule has 2 rings (SSSR count). The summed E-state index contributed by atoms with van der Waals surface area (Å²) >= 11 is 0. The summed E-state index contributed by atoms with van der Waals surface area (Å²) in [6.45, 7) is 0.496. The lowest BCUT2D eigenvalue weighted by Crippen LogP contribution is -2.30. The molecule has 1 N–H and O–H groups in total. The molecular weight excluding hydrogens is 250 g/mol. The SMILES string of the molecule is N#CC(C(=O)NCCc1cccnc1)c1ccccc1. The second-order valence-electron chi connectivity index (χ2n) is 4.38. The number of hydrogen-bond acceptors (Lipinski definition) is 3. The molecule has 0 bridgehead atoms. The van der Waals surface area contributed by atoms with Crippen LogP contribution in [0, 0.1) is 11.3 Å². The third-order valence-electron chi connectivity index (χ3n) is 2.96. The van der Waals surface area contributed by atoms with Crippen LogP contribution >= 0.6 is 0 Å². The van der Waals surface area contributed by atoms with Crippen LogP contribution in [0.25, 0.3) is 0 Å². The largest absolute Gasteiger partial charge is 0.354 e. The van der Waals surface area contributed by atoms with Crippen LogP contribution in [-0.2, 0) is 11.2 Å². The highest BCUT2D eigenvalue weighted by molar-refractivity contribution is 5.86. The van der Waals surface area contributed by atoms with E-state index in [1.807, 2.05) is 36.4 Å². The van der Waals surface area contributed by atoms with E-state index in [0.29, 0.717) is 18.5 Å². The van der Waals surface area contributed by atoms with Crippen LogP contribution in [-0.4, -0.2) is 17.4 Å². The molecular formula is C16H15N3O. The predicted octanol–water partition coefficient (Wildman–Crippen LogP) is 2.05. The van der Waals surface area contributed by atoms with Crippen molar-refractivity contribution < 1.29 is 4.79 Å². The van der Waals surface area contributed by atoms with Crippen LogP contribution in [0.5, 0.6) is 0 Å². The standard InChI is InChI=1S/C16H15N3O/c17-11-15(14-6-2-1-3-7-14)16(20)19-10-8-13-5-4-9-18-12-13/h1-7,9,12,15H,8,10H2,(H,19,20). The number of nitrogens with one attached hydrogen (secondary N) is 1. The van der Waals surface area contributed by atoms with Gasteiger partial charge in [0, 0.05) is 18.9 Å². The predicted molar refractivity (Wildman–Crippen MR) is 75.7 cm³/mol. The number of benzene rings is 1. The van der Waals surface area contributed by atoms with E-state index in [4.69, 9.17) is 5.26 Å². The molecule has 0 spiro atoms. The Kier molecular flexibility index (Phi) is 4.85. The third-order valence-corrected chi connectivity index (χ3v) is 2.96. The number of hydrogen-bond donors (Lipinski definition) is 1. The van der Waals surface area contributed by atoms with E-state index in [2.05, 4.69) is 10.3 Å². The summed E-state index contributed by atoms with van der Waals surface area (Å²) in [4.78, 5) is 16.0. The highest BCUT2D eigenvalue weighted by Crippen LogP contribution is 2.14. The van der Waals surface area contributed by atoms with Crippen molar-refractivity contribution in [3.05, 3.63) is 66.0 Å². The number of nitrogens with zero attached hydrogens (tertiary/aromatic N) is 2. The average Bonchev–Trinajstić information content (AvgIpc) is 2.50. The van der Waals surface area contributed by atoms with Gasteiger partial charge in [-0.2, -0.15) is 5.26 Å². The lowest BCUT2D eigenvalue weighted by atomic mass is 10.00. The maximum atomic E-state index is 12.0. The number of amides is 1. The number of rotatable bonds is 5. The van der Waals surface area contributed by atoms with Crippen molar-refractivity contribution in [1.29, 1.82) is 5.26 Å². The van der Waals surface area contributed by atoms with Crippen LogP contribution in [0.3, 0.4) is 0 Å². The lowest BCUT2D eigenvalue weighted by molar-refractivity contribution is -0.121. The molecule has 0 aliphatic heterocycles. The Morgan fingerprint density at radius 1 is 1.25 bits per heavy atom. The molecule has 4 nitrogen and oxygen atoms in total. The molecule has 1 aromatic carbocycles. The maximum Gasteiger partial charge on any atom is 0.241 e. The van der Waals surface area contributed by atoms with Crippen molar-refractivity contribution in [3.8, 4) is 6.07 Å². The summed E-state index contributed by atoms with van der Waals surface area (Å²) < 4.78 is 0. The summed E-state index contributed by atoms with van der Waals surface area (Å²) in [6.07, 6.45) is 4.18. The molecule has 1 amide bonds. The zero-order valence-corrected chi connectivity index (χ0v) is 11.0. The van der Waals surface area contributed by atoms with Gasteiger partial charge in [-0.25, -0.2) is 0 Å². The van der Waals surface area contributed by atoms with Crippen molar-refractivity contribution >= 4 is 5.91 Å². The Balaban J connectivity index is 1.89. The summed E-state index contributed by atoms with van der Waals surface area (Å²) in [5.74, 6) is -1.02. The molecule has 1 aromatic heterocycles. The molecule has 0 fully saturated rings. The molecule has 0 saturated heterocycles. The highest BCUT2D eigenvalue weighted by atomic mass is 16.1. The van der Waals surface area contributed by atoms with Gasteiger partial charge in [-0.3, -0.25) is 9.78 Å². The van der Waals surface area contributed by atoms with Crippen LogP contribution < -0.4 is 5.32 Å². The second kappa shape index (κ2) is 7.05. The number of nitriles is 1. The van der Waals surface area contributed by atoms with Gasteiger partial charge in [-0.1, -0.05) is 36.4 Å². The molecule has 1 atom stereocenters. The molecule has 0 saturated carbocycles. The molecule has 1 unspecified atom stereocenters. The topological polar surface area (TPSA) is 65.8 Å². The Hall–Kier alpha value is -2.67. The number of carbonyl (C=O) groups excluding carboxylic acids is 1. The minimum Gasteiger partial charge on any atom is -0.354 e. The summed E-state index contributed by atoms with van der Waals surface area (Å²) in [7, 11) is 0. The average molecular weight is 265 g/mol. The Labute approximate surface area is 118 Å². The Bertz CT molecular complexity index is 590. The van der Waals surface area contributed by atoms with Gasteiger partial charge in [0.25, 0.3) is 0 Å². The van der Waals surface area contributed by atoms with E-state index in [1.165, 1.54) is 0 Å². The van der Waals surface area contributed by atoms with E-state index < -0.39 is 5.92 Å². The second-order valence-corrected chi connectivity index (χ2v) is 4.38. The van der Waals surface area contributed by atoms with Crippen LogP contribution in [0.1, 0.15) is 17.0 Å². The van der Waals surface area contributed by atoms with E-state index in [9.17, 15) is 4.79 Å². The fraction of sp³-hybridized carbons (Fsp3) is 0.188. The van der Waals surface area contributed by atoms with Crippen molar-refractivity contribution in [3.63, 3.8) is 0 Å². The van der Waals surface area contributed by atoms with Crippen molar-refractivity contribution in [2.24, 2.45) is 0 Å². The normalized spacial score (nSPS) is 11.3. The summed E-state index contributed by atoms with van der Waals surface area (Å²) in [5.41, 5.74) is 1.77. The third kappa shape index (κ3) is 3.66. The molecule has 2 aromatic rings. The van der Waals surface area contributed by atoms with Crippen molar-refractivity contribution in [1.82, 2.24) is 10.3 Å². The fourth-order valence-corrected chi connectivity index (χ4v) is 1.91. The maximum absolute atomic E-state index is 12.0. The smallest absolute Gasteiger partial charge is 0.241 e. The molecule has 0 aliphatic carbocycles. The number of carbonyl (C=O) groups is 1. The van der Waals surface area contributed by atoms with Crippen molar-refractivity contribution in [2.45, 2.75) is 12.3 Å². The highest BCUT2D eigenvalue weighted by Gasteiger charge is 2.19. The molecule has 100 valence electrons. The molecule has 1 heterocycles. The zero-order chi connectivity index (χ0) is 14.2. The lowest BCUT2D eigenvalue weighted by Gasteiger charge is -2.10. The molecule has 0 radical (unpaired) electrons. The Morgan fingerprint density at radius 3 is 2.70 bits per heavy atom. The minimum atomic E-state index is -0.759. The first-order valence-electron chi connectivity index (χ1n) is 6.42. The fourth-order valence-electron chi connectivity index (χ4n) is 1.91. The Morgan fingerprint density at radius 2 is 2.05 bits per heavy atom. The van der Waals surface area contributed by atoms with Crippen LogP contribution in [0.2, 0.25) is 0 Å².